The zero-order valence-corrected chi connectivity index (χ0v) is 21.7. The Bertz CT molecular complexity index is 1580. The number of alkyl halides is 3. The lowest BCUT2D eigenvalue weighted by molar-refractivity contribution is -0.136. The number of carbonyl (C=O) groups excluding carboxylic acids is 1. The average molecular weight is 574 g/mol. The van der Waals surface area contributed by atoms with E-state index >= 15 is 0 Å². The lowest BCUT2D eigenvalue weighted by Crippen LogP contribution is -2.32. The van der Waals surface area contributed by atoms with Crippen molar-refractivity contribution in [1.29, 1.82) is 0 Å². The van der Waals surface area contributed by atoms with Gasteiger partial charge in [0.25, 0.3) is 15.9 Å². The van der Waals surface area contributed by atoms with Gasteiger partial charge in [-0.2, -0.15) is 13.2 Å². The Morgan fingerprint density at radius 1 is 1.19 bits per heavy atom. The van der Waals surface area contributed by atoms with Gasteiger partial charge in [-0.1, -0.05) is 37.1 Å². The van der Waals surface area contributed by atoms with Crippen molar-refractivity contribution < 1.29 is 30.8 Å². The van der Waals surface area contributed by atoms with Gasteiger partial charge in [-0.15, -0.1) is 11.3 Å². The van der Waals surface area contributed by atoms with E-state index in [9.17, 15) is 30.8 Å². The quantitative estimate of drug-likeness (QED) is 0.247. The molecule has 0 atom stereocenters. The second kappa shape index (κ2) is 10.4. The minimum Gasteiger partial charge on any atom is -0.318 e. The molecule has 0 fully saturated rings. The van der Waals surface area contributed by atoms with Crippen molar-refractivity contribution in [3.8, 4) is 0 Å². The average Bonchev–Trinajstić information content (AvgIpc) is 3.37. The summed E-state index contributed by atoms with van der Waals surface area (Å²) in [5.41, 5.74) is -0.861. The number of aromatic nitrogens is 2. The first-order chi connectivity index (χ1) is 17.4. The molecule has 0 bridgehead atoms. The zero-order valence-electron chi connectivity index (χ0n) is 19.3. The molecule has 2 aromatic heterocycles. The number of fused-ring (bicyclic) bond motifs is 1. The highest BCUT2D eigenvalue weighted by Gasteiger charge is 2.34. The summed E-state index contributed by atoms with van der Waals surface area (Å²) in [5, 5.41) is 1.25. The second-order valence-corrected chi connectivity index (χ2v) is 11.1. The van der Waals surface area contributed by atoms with E-state index < -0.39 is 38.4 Å². The molecule has 0 aliphatic heterocycles. The van der Waals surface area contributed by atoms with Crippen LogP contribution in [0.5, 0.6) is 0 Å². The van der Waals surface area contributed by atoms with E-state index in [0.717, 1.165) is 42.0 Å². The van der Waals surface area contributed by atoms with Crippen molar-refractivity contribution in [2.24, 2.45) is 0 Å². The molecule has 0 aliphatic rings. The molecule has 4 rings (SSSR count). The lowest BCUT2D eigenvalue weighted by Gasteiger charge is -2.14. The molecule has 196 valence electrons. The smallest absolute Gasteiger partial charge is 0.318 e. The third-order valence-electron chi connectivity index (χ3n) is 5.62. The molecule has 1 N–H and O–H groups in total. The van der Waals surface area contributed by atoms with Gasteiger partial charge in [-0.3, -0.25) is 4.79 Å². The number of sulfonamides is 1. The van der Waals surface area contributed by atoms with E-state index in [1.807, 2.05) is 11.6 Å². The van der Waals surface area contributed by atoms with Crippen LogP contribution in [0.15, 0.2) is 52.7 Å². The topological polar surface area (TPSA) is 81.1 Å². The van der Waals surface area contributed by atoms with E-state index in [1.165, 1.54) is 16.7 Å². The van der Waals surface area contributed by atoms with Crippen LogP contribution in [0.25, 0.3) is 10.1 Å². The van der Waals surface area contributed by atoms with E-state index in [4.69, 9.17) is 11.6 Å². The van der Waals surface area contributed by atoms with Crippen LogP contribution in [0, 0.1) is 5.82 Å². The number of nitrogens with one attached hydrogen (secondary N) is 1. The Balaban J connectivity index is 1.79. The molecule has 13 heteroatoms. The zero-order chi connectivity index (χ0) is 27.0. The van der Waals surface area contributed by atoms with Crippen LogP contribution in [0.2, 0.25) is 5.15 Å². The first-order valence-electron chi connectivity index (χ1n) is 11.1. The van der Waals surface area contributed by atoms with Crippen LogP contribution < -0.4 is 4.72 Å². The van der Waals surface area contributed by atoms with E-state index in [2.05, 4.69) is 4.98 Å². The summed E-state index contributed by atoms with van der Waals surface area (Å²) >= 11 is 7.38. The highest BCUT2D eigenvalue weighted by atomic mass is 35.5. The van der Waals surface area contributed by atoms with E-state index in [0.29, 0.717) is 23.4 Å². The van der Waals surface area contributed by atoms with Crippen molar-refractivity contribution in [2.45, 2.75) is 43.8 Å². The maximum atomic E-state index is 13.8. The van der Waals surface area contributed by atoms with Crippen molar-refractivity contribution >= 4 is 49.0 Å². The van der Waals surface area contributed by atoms with Crippen molar-refractivity contribution in [2.75, 3.05) is 0 Å². The summed E-state index contributed by atoms with van der Waals surface area (Å²) in [7, 11) is -4.48. The van der Waals surface area contributed by atoms with Crippen LogP contribution in [0.1, 0.15) is 47.2 Å². The van der Waals surface area contributed by atoms with Gasteiger partial charge in [0.15, 0.2) is 5.15 Å². The van der Waals surface area contributed by atoms with Crippen molar-refractivity contribution in [1.82, 2.24) is 14.3 Å². The van der Waals surface area contributed by atoms with Gasteiger partial charge in [0, 0.05) is 16.5 Å². The van der Waals surface area contributed by atoms with Gasteiger partial charge < -0.3 is 4.57 Å². The van der Waals surface area contributed by atoms with Gasteiger partial charge >= 0.3 is 6.18 Å². The van der Waals surface area contributed by atoms with Crippen LogP contribution in [0.4, 0.5) is 17.6 Å². The molecular formula is C24H20ClF4N3O3S2. The fourth-order valence-electron chi connectivity index (χ4n) is 3.92. The number of amides is 1. The molecule has 0 aliphatic carbocycles. The van der Waals surface area contributed by atoms with Gasteiger partial charge in [0.1, 0.15) is 17.3 Å². The Kier molecular flexibility index (Phi) is 7.63. The molecule has 4 aromatic rings. The Hall–Kier alpha value is -2.96. The maximum absolute atomic E-state index is 13.8. The lowest BCUT2D eigenvalue weighted by atomic mass is 10.1. The number of carbonyl (C=O) groups is 1. The molecule has 0 spiro atoms. The van der Waals surface area contributed by atoms with Gasteiger partial charge in [0.2, 0.25) is 0 Å². The molecule has 2 aromatic carbocycles. The third kappa shape index (κ3) is 5.65. The van der Waals surface area contributed by atoms with E-state index in [-0.39, 0.29) is 28.3 Å². The van der Waals surface area contributed by atoms with Crippen LogP contribution >= 0.6 is 22.9 Å². The van der Waals surface area contributed by atoms with Crippen LogP contribution in [-0.4, -0.2) is 23.9 Å². The summed E-state index contributed by atoms with van der Waals surface area (Å²) in [6.07, 6.45) is -2.84. The number of benzene rings is 2. The van der Waals surface area contributed by atoms with Gasteiger partial charge in [-0.25, -0.2) is 22.5 Å². The molecule has 0 unspecified atom stereocenters. The first kappa shape index (κ1) is 27.1. The highest BCUT2D eigenvalue weighted by Crippen LogP contribution is 2.39. The number of imidazole rings is 1. The molecule has 2 heterocycles. The van der Waals surface area contributed by atoms with Crippen molar-refractivity contribution in [3.05, 3.63) is 81.5 Å². The summed E-state index contributed by atoms with van der Waals surface area (Å²) in [5.74, 6) is -1.63. The highest BCUT2D eigenvalue weighted by molar-refractivity contribution is 7.90. The number of halogens is 5. The number of unbranched alkanes of at least 4 members (excludes halogenated alkanes) is 1. The summed E-state index contributed by atoms with van der Waals surface area (Å²) < 4.78 is 83.9. The summed E-state index contributed by atoms with van der Waals surface area (Å²) in [6, 6.07) is 7.95. The summed E-state index contributed by atoms with van der Waals surface area (Å²) in [6.45, 7) is 1.73. The number of nitrogens with zero attached hydrogens (tertiary/aromatic N) is 2. The molecule has 0 saturated heterocycles. The van der Waals surface area contributed by atoms with Crippen molar-refractivity contribution in [3.63, 3.8) is 0 Å². The molecule has 1 amide bonds. The van der Waals surface area contributed by atoms with Crippen LogP contribution in [-0.2, 0) is 29.2 Å². The molecule has 37 heavy (non-hydrogen) atoms. The number of aryl methyl sites for hydroxylation is 1. The second-order valence-electron chi connectivity index (χ2n) is 8.19. The largest absolute Gasteiger partial charge is 0.417 e. The predicted octanol–water partition coefficient (Wildman–Crippen LogP) is 6.42. The van der Waals surface area contributed by atoms with Gasteiger partial charge in [-0.05, 0) is 47.7 Å². The standard InChI is InChI=1S/C24H20ClF4N3O3S2/c1-2-3-10-19-30-22(25)21(23(33)31-37(34,35)16-7-4-6-15(26)11-16)32(19)12-14-13-36-18-9-5-8-17(20(14)18)24(27,28)29/h4-9,11,13H,2-3,10,12H2,1H3,(H,31,33). The first-order valence-corrected chi connectivity index (χ1v) is 13.8. The van der Waals surface area contributed by atoms with Crippen LogP contribution in [0.3, 0.4) is 0 Å². The maximum Gasteiger partial charge on any atom is 0.417 e. The minimum atomic E-state index is -4.60. The van der Waals surface area contributed by atoms with Gasteiger partial charge in [0.05, 0.1) is 17.0 Å². The number of rotatable bonds is 8. The molecule has 6 nitrogen and oxygen atoms in total. The monoisotopic (exact) mass is 573 g/mol. The fourth-order valence-corrected chi connectivity index (χ4v) is 6.17. The molecule has 0 radical (unpaired) electrons. The SMILES string of the molecule is CCCCc1nc(Cl)c(C(=O)NS(=O)(=O)c2cccc(F)c2)n1Cc1csc2cccc(C(F)(F)F)c12. The number of thiophene rings is 1. The molecule has 0 saturated carbocycles. The fraction of sp³-hybridized carbons (Fsp3) is 0.250. The summed E-state index contributed by atoms with van der Waals surface area (Å²) in [4.78, 5) is 16.9. The third-order valence-corrected chi connectivity index (χ3v) is 8.20. The Labute approximate surface area is 218 Å². The number of hydrogen-bond acceptors (Lipinski definition) is 5. The van der Waals surface area contributed by atoms with E-state index in [1.54, 1.807) is 11.4 Å². The molecular weight excluding hydrogens is 554 g/mol. The minimum absolute atomic E-state index is 0.00926. The number of hydrogen-bond donors (Lipinski definition) is 1. The normalized spacial score (nSPS) is 12.3. The Morgan fingerprint density at radius 2 is 1.92 bits per heavy atom. The Morgan fingerprint density at radius 3 is 2.59 bits per heavy atom. The predicted molar refractivity (Wildman–Crippen MR) is 133 cm³/mol.